The largest absolute Gasteiger partial charge is 0.329 e. The third kappa shape index (κ3) is 10.5. The molecule has 2 nitrogen and oxygen atoms in total. The van der Waals surface area contributed by atoms with E-state index in [-0.39, 0.29) is 24.8 Å². The van der Waals surface area contributed by atoms with Crippen molar-refractivity contribution < 1.29 is 0 Å². The Morgan fingerprint density at radius 2 is 2.09 bits per heavy atom. The number of nitrogens with two attached hydrogens (primary N) is 1. The number of hydrogen-bond acceptors (Lipinski definition) is 2. The number of likely N-dealkylation sites (N-methyl/N-ethyl adjacent to an activating group) is 1. The standard InChI is InChI=1S/C6H13ClN2.2ClH/c1-9-6(5-8)3-2-4-7;;/h2,4,6,9H,3,5,8H2,1H3;2*1H. The normalized spacial score (nSPS) is 11.9. The highest BCUT2D eigenvalue weighted by Crippen LogP contribution is 1.91. The maximum absolute atomic E-state index is 5.38. The molecular formula is C6H15Cl3N2. The Labute approximate surface area is 85.4 Å². The number of rotatable bonds is 4. The van der Waals surface area contributed by atoms with Crippen molar-refractivity contribution in [2.75, 3.05) is 13.6 Å². The van der Waals surface area contributed by atoms with Crippen LogP contribution in [0.15, 0.2) is 11.6 Å². The molecule has 0 bridgehead atoms. The first-order valence-electron chi connectivity index (χ1n) is 2.97. The molecule has 1 atom stereocenters. The van der Waals surface area contributed by atoms with Gasteiger partial charge in [0.25, 0.3) is 0 Å². The zero-order valence-corrected chi connectivity index (χ0v) is 8.81. The zero-order chi connectivity index (χ0) is 7.11. The third-order valence-electron chi connectivity index (χ3n) is 1.20. The molecular weight excluding hydrogens is 206 g/mol. The van der Waals surface area contributed by atoms with Crippen molar-refractivity contribution in [2.45, 2.75) is 12.5 Å². The Bertz CT molecular complexity index is 83.9. The Morgan fingerprint density at radius 1 is 1.55 bits per heavy atom. The second-order valence-electron chi connectivity index (χ2n) is 1.82. The highest BCUT2D eigenvalue weighted by Gasteiger charge is 1.97. The van der Waals surface area contributed by atoms with Gasteiger partial charge in [0.1, 0.15) is 0 Å². The van der Waals surface area contributed by atoms with E-state index in [0.717, 1.165) is 6.42 Å². The second kappa shape index (κ2) is 13.1. The van der Waals surface area contributed by atoms with Crippen LogP contribution in [0.25, 0.3) is 0 Å². The molecule has 70 valence electrons. The molecule has 5 heteroatoms. The summed E-state index contributed by atoms with van der Waals surface area (Å²) >= 11 is 5.31. The fourth-order valence-electron chi connectivity index (χ4n) is 0.548. The molecule has 0 aliphatic heterocycles. The van der Waals surface area contributed by atoms with E-state index >= 15 is 0 Å². The Kier molecular flexibility index (Phi) is 21.0. The number of hydrogen-bond donors (Lipinski definition) is 2. The number of halogens is 3. The van der Waals surface area contributed by atoms with Crippen LogP contribution >= 0.6 is 36.4 Å². The second-order valence-corrected chi connectivity index (χ2v) is 2.07. The van der Waals surface area contributed by atoms with Crippen molar-refractivity contribution in [1.82, 2.24) is 5.32 Å². The maximum atomic E-state index is 5.38. The van der Waals surface area contributed by atoms with Gasteiger partial charge in [-0.15, -0.1) is 24.8 Å². The molecule has 0 spiro atoms. The van der Waals surface area contributed by atoms with E-state index in [9.17, 15) is 0 Å². The summed E-state index contributed by atoms with van der Waals surface area (Å²) in [6.07, 6.45) is 2.78. The van der Waals surface area contributed by atoms with Crippen molar-refractivity contribution >= 4 is 36.4 Å². The van der Waals surface area contributed by atoms with Gasteiger partial charge in [0.05, 0.1) is 0 Å². The molecule has 0 saturated carbocycles. The fourth-order valence-corrected chi connectivity index (χ4v) is 0.650. The van der Waals surface area contributed by atoms with Crippen molar-refractivity contribution in [3.05, 3.63) is 11.6 Å². The zero-order valence-electron chi connectivity index (χ0n) is 6.42. The first-order chi connectivity index (χ1) is 4.35. The van der Waals surface area contributed by atoms with E-state index in [1.54, 1.807) is 0 Å². The molecule has 0 saturated heterocycles. The summed E-state index contributed by atoms with van der Waals surface area (Å²) < 4.78 is 0. The fraction of sp³-hybridized carbons (Fsp3) is 0.667. The molecule has 0 rings (SSSR count). The van der Waals surface area contributed by atoms with E-state index in [4.69, 9.17) is 17.3 Å². The van der Waals surface area contributed by atoms with Crippen LogP contribution in [0.3, 0.4) is 0 Å². The topological polar surface area (TPSA) is 38.0 Å². The summed E-state index contributed by atoms with van der Waals surface area (Å²) in [7, 11) is 1.89. The lowest BCUT2D eigenvalue weighted by atomic mass is 10.2. The molecule has 0 aliphatic rings. The van der Waals surface area contributed by atoms with Gasteiger partial charge in [-0.3, -0.25) is 0 Å². The molecule has 0 fully saturated rings. The van der Waals surface area contributed by atoms with Gasteiger partial charge in [-0.25, -0.2) is 0 Å². The van der Waals surface area contributed by atoms with Crippen LogP contribution < -0.4 is 11.1 Å². The van der Waals surface area contributed by atoms with E-state index < -0.39 is 0 Å². The molecule has 0 radical (unpaired) electrons. The highest BCUT2D eigenvalue weighted by atomic mass is 35.5. The predicted molar refractivity (Wildman–Crippen MR) is 56.0 cm³/mol. The van der Waals surface area contributed by atoms with Gasteiger partial charge in [-0.1, -0.05) is 17.7 Å². The molecule has 0 aromatic heterocycles. The summed E-state index contributed by atoms with van der Waals surface area (Å²) in [5, 5.41) is 3.05. The van der Waals surface area contributed by atoms with E-state index in [2.05, 4.69) is 5.32 Å². The van der Waals surface area contributed by atoms with Crippen molar-refractivity contribution in [3.8, 4) is 0 Å². The smallest absolute Gasteiger partial charge is 0.0222 e. The highest BCUT2D eigenvalue weighted by molar-refractivity contribution is 6.25. The van der Waals surface area contributed by atoms with Crippen LogP contribution in [-0.4, -0.2) is 19.6 Å². The Balaban J connectivity index is -0.000000320. The van der Waals surface area contributed by atoms with E-state index in [1.165, 1.54) is 5.54 Å². The Morgan fingerprint density at radius 3 is 2.36 bits per heavy atom. The molecule has 0 amide bonds. The quantitative estimate of drug-likeness (QED) is 0.755. The summed E-state index contributed by atoms with van der Waals surface area (Å²) in [6.45, 7) is 0.651. The summed E-state index contributed by atoms with van der Waals surface area (Å²) in [4.78, 5) is 0. The molecule has 0 heterocycles. The van der Waals surface area contributed by atoms with Gasteiger partial charge in [0.2, 0.25) is 0 Å². The lowest BCUT2D eigenvalue weighted by Crippen LogP contribution is -2.32. The minimum absolute atomic E-state index is 0. The first-order valence-corrected chi connectivity index (χ1v) is 3.41. The number of nitrogens with one attached hydrogen (secondary N) is 1. The van der Waals surface area contributed by atoms with Crippen molar-refractivity contribution in [1.29, 1.82) is 0 Å². The lowest BCUT2D eigenvalue weighted by molar-refractivity contribution is 0.579. The predicted octanol–water partition coefficient (Wildman–Crippen LogP) is 1.52. The van der Waals surface area contributed by atoms with Gasteiger partial charge >= 0.3 is 0 Å². The molecule has 1 unspecified atom stereocenters. The van der Waals surface area contributed by atoms with Gasteiger partial charge in [0.15, 0.2) is 0 Å². The SMILES string of the molecule is CNC(CN)CC=CCl.Cl.Cl. The maximum Gasteiger partial charge on any atom is 0.0222 e. The molecule has 11 heavy (non-hydrogen) atoms. The monoisotopic (exact) mass is 220 g/mol. The minimum atomic E-state index is 0. The minimum Gasteiger partial charge on any atom is -0.329 e. The van der Waals surface area contributed by atoms with E-state index in [0.29, 0.717) is 12.6 Å². The average Bonchev–Trinajstić information content (AvgIpc) is 1.91. The third-order valence-corrected chi connectivity index (χ3v) is 1.38. The molecule has 0 aromatic rings. The molecule has 0 aliphatic carbocycles. The van der Waals surface area contributed by atoms with Crippen LogP contribution in [0.5, 0.6) is 0 Å². The van der Waals surface area contributed by atoms with Crippen LogP contribution in [0, 0.1) is 0 Å². The van der Waals surface area contributed by atoms with Crippen LogP contribution in [0.2, 0.25) is 0 Å². The van der Waals surface area contributed by atoms with E-state index in [1.807, 2.05) is 13.1 Å². The van der Waals surface area contributed by atoms with Gasteiger partial charge in [0, 0.05) is 18.1 Å². The lowest BCUT2D eigenvalue weighted by Gasteiger charge is -2.08. The first kappa shape index (κ1) is 17.6. The van der Waals surface area contributed by atoms with Gasteiger partial charge < -0.3 is 11.1 Å². The summed E-state index contributed by atoms with van der Waals surface area (Å²) in [5.41, 5.74) is 6.90. The molecule has 3 N–H and O–H groups in total. The van der Waals surface area contributed by atoms with Crippen LogP contribution in [-0.2, 0) is 0 Å². The van der Waals surface area contributed by atoms with Gasteiger partial charge in [-0.05, 0) is 13.5 Å². The van der Waals surface area contributed by atoms with Crippen LogP contribution in [0.4, 0.5) is 0 Å². The summed E-state index contributed by atoms with van der Waals surface area (Å²) in [5.74, 6) is 0. The van der Waals surface area contributed by atoms with Gasteiger partial charge in [-0.2, -0.15) is 0 Å². The van der Waals surface area contributed by atoms with Crippen molar-refractivity contribution in [3.63, 3.8) is 0 Å². The average molecular weight is 222 g/mol. The molecule has 0 aromatic carbocycles. The van der Waals surface area contributed by atoms with Crippen molar-refractivity contribution in [2.24, 2.45) is 5.73 Å². The van der Waals surface area contributed by atoms with Crippen LogP contribution in [0.1, 0.15) is 6.42 Å². The Hall–Kier alpha value is 0.530. The summed E-state index contributed by atoms with van der Waals surface area (Å²) in [6, 6.07) is 0.361.